The summed E-state index contributed by atoms with van der Waals surface area (Å²) < 4.78 is 24.5. The Morgan fingerprint density at radius 1 is 1.53 bits per heavy atom. The maximum atomic E-state index is 13.5. The van der Waals surface area contributed by atoms with Crippen molar-refractivity contribution in [1.82, 2.24) is 4.57 Å². The van der Waals surface area contributed by atoms with E-state index < -0.39 is 11.6 Å². The lowest BCUT2D eigenvalue weighted by Gasteiger charge is -2.02. The molecule has 0 N–H and O–H groups in total. The number of rotatable bonds is 4. The molecule has 0 saturated heterocycles. The summed E-state index contributed by atoms with van der Waals surface area (Å²) in [4.78, 5) is 22.6. The van der Waals surface area contributed by atoms with Crippen molar-refractivity contribution in [3.63, 3.8) is 0 Å². The van der Waals surface area contributed by atoms with E-state index >= 15 is 0 Å². The highest BCUT2D eigenvalue weighted by Gasteiger charge is 2.13. The van der Waals surface area contributed by atoms with E-state index in [1.54, 1.807) is 0 Å². The smallest absolute Gasteiger partial charge is 0.419 e. The summed E-state index contributed by atoms with van der Waals surface area (Å²) in [6, 6.07) is 2.63. The van der Waals surface area contributed by atoms with Crippen molar-refractivity contribution >= 4 is 33.0 Å². The van der Waals surface area contributed by atoms with Crippen LogP contribution in [0.4, 0.5) is 4.39 Å². The SMILES string of the molecule is COC(=O)CCCn1c(=O)oc2cc(Br)c(F)cc21. The number of hydrogen-bond donors (Lipinski definition) is 0. The molecule has 5 nitrogen and oxygen atoms in total. The number of aryl methyl sites for hydroxylation is 1. The van der Waals surface area contributed by atoms with Crippen LogP contribution in [0.3, 0.4) is 0 Å². The first-order valence-electron chi connectivity index (χ1n) is 5.58. The average Bonchev–Trinajstić information content (AvgIpc) is 2.66. The Balaban J connectivity index is 2.27. The first-order chi connectivity index (χ1) is 9.02. The molecule has 0 aliphatic rings. The van der Waals surface area contributed by atoms with Crippen LogP contribution in [0.5, 0.6) is 0 Å². The summed E-state index contributed by atoms with van der Waals surface area (Å²) in [5.41, 5.74) is 0.673. The van der Waals surface area contributed by atoms with E-state index in [4.69, 9.17) is 4.42 Å². The fraction of sp³-hybridized carbons (Fsp3) is 0.333. The maximum Gasteiger partial charge on any atom is 0.419 e. The number of methoxy groups -OCH3 is 1. The molecule has 0 aliphatic carbocycles. The van der Waals surface area contributed by atoms with Crippen LogP contribution in [0.15, 0.2) is 25.8 Å². The van der Waals surface area contributed by atoms with Crippen molar-refractivity contribution in [3.8, 4) is 0 Å². The lowest BCUT2D eigenvalue weighted by Crippen LogP contribution is -2.15. The van der Waals surface area contributed by atoms with E-state index in [0.29, 0.717) is 17.5 Å². The van der Waals surface area contributed by atoms with Crippen LogP contribution in [0.25, 0.3) is 11.1 Å². The molecule has 2 aromatic rings. The van der Waals surface area contributed by atoms with Crippen LogP contribution < -0.4 is 5.76 Å². The van der Waals surface area contributed by atoms with Crippen LogP contribution in [-0.4, -0.2) is 17.6 Å². The number of nitrogens with zero attached hydrogens (tertiary/aromatic N) is 1. The van der Waals surface area contributed by atoms with Gasteiger partial charge < -0.3 is 9.15 Å². The molecule has 1 aromatic heterocycles. The third-order valence-corrected chi connectivity index (χ3v) is 3.31. The minimum absolute atomic E-state index is 0.189. The van der Waals surface area contributed by atoms with Gasteiger partial charge >= 0.3 is 11.7 Å². The molecule has 0 fully saturated rings. The number of esters is 1. The van der Waals surface area contributed by atoms with E-state index in [1.807, 2.05) is 0 Å². The molecule has 0 unspecified atom stereocenters. The van der Waals surface area contributed by atoms with Crippen LogP contribution in [-0.2, 0) is 16.1 Å². The van der Waals surface area contributed by atoms with Gasteiger partial charge in [0.1, 0.15) is 5.82 Å². The van der Waals surface area contributed by atoms with E-state index in [0.717, 1.165) is 0 Å². The predicted molar refractivity (Wildman–Crippen MR) is 69.4 cm³/mol. The third-order valence-electron chi connectivity index (χ3n) is 2.70. The number of aromatic nitrogens is 1. The van der Waals surface area contributed by atoms with Gasteiger partial charge in [-0.1, -0.05) is 0 Å². The molecule has 2 rings (SSSR count). The topological polar surface area (TPSA) is 61.4 Å². The zero-order chi connectivity index (χ0) is 14.0. The predicted octanol–water partition coefficient (Wildman–Crippen LogP) is 2.45. The Labute approximate surface area is 116 Å². The normalized spacial score (nSPS) is 10.9. The Morgan fingerprint density at radius 2 is 2.26 bits per heavy atom. The fourth-order valence-corrected chi connectivity index (χ4v) is 2.08. The van der Waals surface area contributed by atoms with Crippen LogP contribution in [0, 0.1) is 5.82 Å². The highest BCUT2D eigenvalue weighted by atomic mass is 79.9. The summed E-state index contributed by atoms with van der Waals surface area (Å²) in [5, 5.41) is 0. The molecular weight excluding hydrogens is 321 g/mol. The number of hydrogen-bond acceptors (Lipinski definition) is 4. The minimum atomic E-state index is -0.572. The van der Waals surface area contributed by atoms with Gasteiger partial charge in [0.15, 0.2) is 5.58 Å². The van der Waals surface area contributed by atoms with Crippen LogP contribution in [0.1, 0.15) is 12.8 Å². The summed E-state index contributed by atoms with van der Waals surface area (Å²) in [5.74, 6) is -1.40. The van der Waals surface area contributed by atoms with Crippen molar-refractivity contribution in [1.29, 1.82) is 0 Å². The zero-order valence-electron chi connectivity index (χ0n) is 10.1. The van der Waals surface area contributed by atoms with Gasteiger partial charge in [-0.05, 0) is 22.4 Å². The summed E-state index contributed by atoms with van der Waals surface area (Å²) in [6.45, 7) is 0.266. The second kappa shape index (κ2) is 5.56. The Hall–Kier alpha value is -1.63. The number of halogens is 2. The molecule has 0 spiro atoms. The molecular formula is C12H11BrFNO4. The maximum absolute atomic E-state index is 13.5. The number of oxazole rings is 1. The molecule has 1 heterocycles. The Kier molecular flexibility index (Phi) is 4.04. The zero-order valence-corrected chi connectivity index (χ0v) is 11.7. The fourth-order valence-electron chi connectivity index (χ4n) is 1.75. The minimum Gasteiger partial charge on any atom is -0.469 e. The second-order valence-electron chi connectivity index (χ2n) is 3.93. The summed E-state index contributed by atoms with van der Waals surface area (Å²) >= 11 is 3.02. The lowest BCUT2D eigenvalue weighted by molar-refractivity contribution is -0.140. The third kappa shape index (κ3) is 2.86. The van der Waals surface area contributed by atoms with Gasteiger partial charge in [0, 0.05) is 25.1 Å². The van der Waals surface area contributed by atoms with E-state index in [-0.39, 0.29) is 23.4 Å². The number of carbonyl (C=O) groups is 1. The number of ether oxygens (including phenoxy) is 1. The summed E-state index contributed by atoms with van der Waals surface area (Å²) in [6.07, 6.45) is 0.605. The van der Waals surface area contributed by atoms with Crippen molar-refractivity contribution in [2.45, 2.75) is 19.4 Å². The largest absolute Gasteiger partial charge is 0.469 e. The second-order valence-corrected chi connectivity index (χ2v) is 4.79. The van der Waals surface area contributed by atoms with Crippen molar-refractivity contribution in [2.24, 2.45) is 0 Å². The molecule has 19 heavy (non-hydrogen) atoms. The summed E-state index contributed by atoms with van der Waals surface area (Å²) in [7, 11) is 1.30. The number of benzene rings is 1. The quantitative estimate of drug-likeness (QED) is 0.807. The first-order valence-corrected chi connectivity index (χ1v) is 6.37. The van der Waals surface area contributed by atoms with Gasteiger partial charge in [-0.25, -0.2) is 9.18 Å². The van der Waals surface area contributed by atoms with Gasteiger partial charge in [-0.3, -0.25) is 9.36 Å². The lowest BCUT2D eigenvalue weighted by atomic mass is 10.3. The van der Waals surface area contributed by atoms with Crippen molar-refractivity contribution in [2.75, 3.05) is 7.11 Å². The van der Waals surface area contributed by atoms with Gasteiger partial charge in [0.2, 0.25) is 0 Å². The standard InChI is InChI=1S/C12H11BrFNO4/c1-18-11(16)3-2-4-15-9-6-8(14)7(13)5-10(9)19-12(15)17/h5-6H,2-4H2,1H3. The molecule has 7 heteroatoms. The monoisotopic (exact) mass is 331 g/mol. The van der Waals surface area contributed by atoms with E-state index in [9.17, 15) is 14.0 Å². The van der Waals surface area contributed by atoms with E-state index in [2.05, 4.69) is 20.7 Å². The average molecular weight is 332 g/mol. The van der Waals surface area contributed by atoms with E-state index in [1.165, 1.54) is 23.8 Å². The van der Waals surface area contributed by atoms with Crippen LogP contribution in [0.2, 0.25) is 0 Å². The molecule has 0 amide bonds. The molecule has 0 atom stereocenters. The highest BCUT2D eigenvalue weighted by Crippen LogP contribution is 2.22. The van der Waals surface area contributed by atoms with Crippen molar-refractivity contribution in [3.05, 3.63) is 33.0 Å². The molecule has 102 valence electrons. The number of carbonyl (C=O) groups excluding carboxylic acids is 1. The molecule has 0 bridgehead atoms. The van der Waals surface area contributed by atoms with Crippen LogP contribution >= 0.6 is 15.9 Å². The van der Waals surface area contributed by atoms with Gasteiger partial charge in [0.05, 0.1) is 17.1 Å². The first kappa shape index (κ1) is 13.8. The highest BCUT2D eigenvalue weighted by molar-refractivity contribution is 9.10. The molecule has 0 aliphatic heterocycles. The van der Waals surface area contributed by atoms with Gasteiger partial charge in [0.25, 0.3) is 0 Å². The van der Waals surface area contributed by atoms with Crippen molar-refractivity contribution < 1.29 is 18.3 Å². The molecule has 0 saturated carbocycles. The Bertz CT molecular complexity index is 676. The van der Waals surface area contributed by atoms with Gasteiger partial charge in [-0.2, -0.15) is 0 Å². The van der Waals surface area contributed by atoms with Gasteiger partial charge in [-0.15, -0.1) is 0 Å². The molecule has 1 aromatic carbocycles. The number of fused-ring (bicyclic) bond motifs is 1. The molecule has 0 radical (unpaired) electrons. The Morgan fingerprint density at radius 3 is 2.95 bits per heavy atom.